The van der Waals surface area contributed by atoms with Crippen molar-refractivity contribution in [2.24, 2.45) is 0 Å². The van der Waals surface area contributed by atoms with Crippen LogP contribution in [0.15, 0.2) is 59.5 Å². The van der Waals surface area contributed by atoms with Crippen LogP contribution < -0.4 is 14.5 Å². The first-order valence-corrected chi connectivity index (χ1v) is 14.1. The molecule has 3 aromatic carbocycles. The van der Waals surface area contributed by atoms with Crippen molar-refractivity contribution in [3.8, 4) is 5.75 Å². The average Bonchev–Trinajstić information content (AvgIpc) is 3.14. The fourth-order valence-electron chi connectivity index (χ4n) is 3.80. The van der Waals surface area contributed by atoms with Crippen molar-refractivity contribution in [2.45, 2.75) is 20.5 Å². The van der Waals surface area contributed by atoms with E-state index in [0.717, 1.165) is 29.9 Å². The van der Waals surface area contributed by atoms with Crippen molar-refractivity contribution in [3.05, 3.63) is 90.7 Å². The second kappa shape index (κ2) is 12.3. The van der Waals surface area contributed by atoms with Crippen LogP contribution in [0.5, 0.6) is 5.75 Å². The van der Waals surface area contributed by atoms with Gasteiger partial charge in [-0.05, 0) is 62.4 Å². The molecule has 4 rings (SSSR count). The molecule has 1 saturated heterocycles. The average molecular weight is 612 g/mol. The first-order chi connectivity index (χ1) is 17.7. The molecule has 0 aliphatic carbocycles. The Morgan fingerprint density at radius 3 is 2.38 bits per heavy atom. The van der Waals surface area contributed by atoms with Gasteiger partial charge in [-0.2, -0.15) is 0 Å². The van der Waals surface area contributed by atoms with E-state index in [0.29, 0.717) is 40.8 Å². The zero-order valence-corrected chi connectivity index (χ0v) is 24.6. The van der Waals surface area contributed by atoms with Crippen molar-refractivity contribution in [2.75, 3.05) is 22.9 Å². The predicted molar refractivity (Wildman–Crippen MR) is 163 cm³/mol. The van der Waals surface area contributed by atoms with Crippen molar-refractivity contribution < 1.29 is 9.53 Å². The van der Waals surface area contributed by atoms with Gasteiger partial charge in [0.2, 0.25) is 0 Å². The van der Waals surface area contributed by atoms with E-state index in [9.17, 15) is 4.79 Å². The SMILES string of the molecule is CCN(CC)c1ccc(/C=C2\SC(=S)N(c3ccc(Cl)c(Cl)c3)C2=O)c(OCc2ccc(Cl)cc2Cl)c1. The van der Waals surface area contributed by atoms with Crippen LogP contribution >= 0.6 is 70.4 Å². The number of halogens is 4. The summed E-state index contributed by atoms with van der Waals surface area (Å²) in [5.74, 6) is 0.378. The number of rotatable bonds is 8. The second-order valence-electron chi connectivity index (χ2n) is 8.03. The van der Waals surface area contributed by atoms with Crippen molar-refractivity contribution in [1.29, 1.82) is 0 Å². The molecule has 10 heteroatoms. The fourth-order valence-corrected chi connectivity index (χ4v) is 5.85. The number of benzene rings is 3. The van der Waals surface area contributed by atoms with E-state index in [2.05, 4.69) is 18.7 Å². The Balaban J connectivity index is 1.68. The minimum Gasteiger partial charge on any atom is -0.488 e. The normalized spacial score (nSPS) is 14.5. The summed E-state index contributed by atoms with van der Waals surface area (Å²) in [5.41, 5.74) is 3.13. The van der Waals surface area contributed by atoms with Crippen molar-refractivity contribution >= 4 is 98.1 Å². The Morgan fingerprint density at radius 2 is 1.70 bits per heavy atom. The molecule has 1 fully saturated rings. The van der Waals surface area contributed by atoms with E-state index in [1.165, 1.54) is 16.7 Å². The van der Waals surface area contributed by atoms with Crippen LogP contribution in [0, 0.1) is 0 Å². The topological polar surface area (TPSA) is 32.8 Å². The number of carbonyl (C=O) groups excluding carboxylic acids is 1. The Bertz CT molecular complexity index is 1390. The van der Waals surface area contributed by atoms with Crippen LogP contribution in [-0.4, -0.2) is 23.3 Å². The van der Waals surface area contributed by atoms with Crippen LogP contribution in [0.3, 0.4) is 0 Å². The maximum Gasteiger partial charge on any atom is 0.270 e. The van der Waals surface area contributed by atoms with E-state index in [1.807, 2.05) is 24.3 Å². The largest absolute Gasteiger partial charge is 0.488 e. The quantitative estimate of drug-likeness (QED) is 0.187. The van der Waals surface area contributed by atoms with Crippen molar-refractivity contribution in [1.82, 2.24) is 0 Å². The summed E-state index contributed by atoms with van der Waals surface area (Å²) in [4.78, 5) is 17.5. The zero-order valence-electron chi connectivity index (χ0n) is 19.9. The number of carbonyl (C=O) groups is 1. The molecule has 0 unspecified atom stereocenters. The van der Waals surface area contributed by atoms with E-state index >= 15 is 0 Å². The molecular weight excluding hydrogens is 590 g/mol. The molecule has 192 valence electrons. The number of amides is 1. The molecule has 0 aromatic heterocycles. The number of hydrogen-bond acceptors (Lipinski definition) is 5. The molecule has 4 nitrogen and oxygen atoms in total. The standard InChI is InChI=1S/C27H22Cl4N2O2S2/c1-3-32(4-2)19-8-6-16(24(14-19)35-15-17-5-7-18(28)12-22(17)30)11-25-26(34)33(27(36)37-25)20-9-10-21(29)23(31)13-20/h5-14H,3-4,15H2,1-2H3/b25-11-. The van der Waals surface area contributed by atoms with Gasteiger partial charge in [-0.25, -0.2) is 0 Å². The molecule has 1 aliphatic heterocycles. The first-order valence-electron chi connectivity index (χ1n) is 11.4. The molecule has 1 amide bonds. The highest BCUT2D eigenvalue weighted by atomic mass is 35.5. The summed E-state index contributed by atoms with van der Waals surface area (Å²) >= 11 is 31.3. The Morgan fingerprint density at radius 1 is 0.946 bits per heavy atom. The predicted octanol–water partition coefficient (Wildman–Crippen LogP) is 9.13. The molecule has 0 saturated carbocycles. The van der Waals surface area contributed by atoms with Gasteiger partial charge in [0.25, 0.3) is 5.91 Å². The summed E-state index contributed by atoms with van der Waals surface area (Å²) in [7, 11) is 0. The zero-order chi connectivity index (χ0) is 26.7. The minimum atomic E-state index is -0.243. The molecule has 0 atom stereocenters. The summed E-state index contributed by atoms with van der Waals surface area (Å²) in [6.45, 7) is 6.13. The number of nitrogens with zero attached hydrogens (tertiary/aromatic N) is 2. The molecule has 0 radical (unpaired) electrons. The molecule has 0 bridgehead atoms. The smallest absolute Gasteiger partial charge is 0.270 e. The molecule has 37 heavy (non-hydrogen) atoms. The van der Waals surface area contributed by atoms with Gasteiger partial charge in [0.15, 0.2) is 4.32 Å². The molecule has 0 N–H and O–H groups in total. The van der Waals surface area contributed by atoms with Gasteiger partial charge in [0.1, 0.15) is 12.4 Å². The van der Waals surface area contributed by atoms with E-state index in [4.69, 9.17) is 63.4 Å². The van der Waals surface area contributed by atoms with Gasteiger partial charge in [0.05, 0.1) is 20.6 Å². The summed E-state index contributed by atoms with van der Waals surface area (Å²) in [6, 6.07) is 16.2. The summed E-state index contributed by atoms with van der Waals surface area (Å²) in [5, 5.41) is 1.83. The molecule has 1 aliphatic rings. The van der Waals surface area contributed by atoms with Gasteiger partial charge < -0.3 is 9.64 Å². The summed E-state index contributed by atoms with van der Waals surface area (Å²) < 4.78 is 6.65. The first kappa shape index (κ1) is 28.1. The highest BCUT2D eigenvalue weighted by molar-refractivity contribution is 8.27. The third-order valence-corrected chi connectivity index (χ3v) is 8.39. The Kier molecular flexibility index (Phi) is 9.33. The third-order valence-electron chi connectivity index (χ3n) is 5.77. The number of hydrogen-bond donors (Lipinski definition) is 0. The lowest BCUT2D eigenvalue weighted by Gasteiger charge is -2.22. The monoisotopic (exact) mass is 610 g/mol. The Hall–Kier alpha value is -1.93. The Labute approximate surface area is 246 Å². The third kappa shape index (κ3) is 6.39. The molecule has 0 spiro atoms. The van der Waals surface area contributed by atoms with Crippen LogP contribution in [0.25, 0.3) is 6.08 Å². The van der Waals surface area contributed by atoms with Crippen LogP contribution in [0.4, 0.5) is 11.4 Å². The van der Waals surface area contributed by atoms with Crippen LogP contribution in [0.2, 0.25) is 20.1 Å². The van der Waals surface area contributed by atoms with E-state index in [1.54, 1.807) is 36.4 Å². The van der Waals surface area contributed by atoms with Gasteiger partial charge >= 0.3 is 0 Å². The molecular formula is C27H22Cl4N2O2S2. The maximum atomic E-state index is 13.3. The van der Waals surface area contributed by atoms with Crippen LogP contribution in [0.1, 0.15) is 25.0 Å². The maximum absolute atomic E-state index is 13.3. The number of ether oxygens (including phenoxy) is 1. The lowest BCUT2D eigenvalue weighted by molar-refractivity contribution is -0.113. The summed E-state index contributed by atoms with van der Waals surface area (Å²) in [6.07, 6.45) is 1.79. The minimum absolute atomic E-state index is 0.239. The molecule has 1 heterocycles. The van der Waals surface area contributed by atoms with Gasteiger partial charge in [-0.1, -0.05) is 76.4 Å². The number of thiocarbonyl (C=S) groups is 1. The highest BCUT2D eigenvalue weighted by Gasteiger charge is 2.33. The molecule has 3 aromatic rings. The lowest BCUT2D eigenvalue weighted by Crippen LogP contribution is -2.27. The van der Waals surface area contributed by atoms with E-state index in [-0.39, 0.29) is 12.5 Å². The van der Waals surface area contributed by atoms with Gasteiger partial charge in [0, 0.05) is 46.0 Å². The van der Waals surface area contributed by atoms with Gasteiger partial charge in [-0.15, -0.1) is 0 Å². The number of thioether (sulfide) groups is 1. The van der Waals surface area contributed by atoms with Crippen molar-refractivity contribution in [3.63, 3.8) is 0 Å². The fraction of sp³-hybridized carbons (Fsp3) is 0.185. The lowest BCUT2D eigenvalue weighted by atomic mass is 10.1. The number of anilines is 2. The van der Waals surface area contributed by atoms with Crippen LogP contribution in [-0.2, 0) is 11.4 Å². The highest BCUT2D eigenvalue weighted by Crippen LogP contribution is 2.39. The second-order valence-corrected chi connectivity index (χ2v) is 11.4. The van der Waals surface area contributed by atoms with E-state index < -0.39 is 0 Å². The van der Waals surface area contributed by atoms with Gasteiger partial charge in [-0.3, -0.25) is 9.69 Å².